The van der Waals surface area contributed by atoms with E-state index in [1.807, 2.05) is 37.2 Å². The average molecular weight is 241 g/mol. The third-order valence-corrected chi connectivity index (χ3v) is 2.80. The van der Waals surface area contributed by atoms with E-state index < -0.39 is 0 Å². The summed E-state index contributed by atoms with van der Waals surface area (Å²) in [5.41, 5.74) is 1.03. The number of fused-ring (bicyclic) bond motifs is 1. The van der Waals surface area contributed by atoms with Crippen LogP contribution in [0.3, 0.4) is 0 Å². The van der Waals surface area contributed by atoms with Crippen LogP contribution >= 0.6 is 23.2 Å². The molecule has 0 radical (unpaired) electrons. The maximum Gasteiger partial charge on any atom is 0.137 e. The Bertz CT molecular complexity index is 509. The van der Waals surface area contributed by atoms with Crippen molar-refractivity contribution in [2.24, 2.45) is 0 Å². The van der Waals surface area contributed by atoms with Crippen LogP contribution in [0.1, 0.15) is 0 Å². The number of pyridine rings is 1. The molecule has 2 rings (SSSR count). The number of hydrogen-bond acceptors (Lipinski definition) is 2. The maximum atomic E-state index is 6.02. The SMILES string of the molecule is CN(C)c1cnc(Cl)c2cc(Cl)ccc12. The van der Waals surface area contributed by atoms with Gasteiger partial charge in [-0.1, -0.05) is 29.3 Å². The fourth-order valence-corrected chi connectivity index (χ4v) is 1.90. The van der Waals surface area contributed by atoms with Crippen LogP contribution in [0.5, 0.6) is 0 Å². The van der Waals surface area contributed by atoms with Gasteiger partial charge in [-0.25, -0.2) is 4.98 Å². The Labute approximate surface area is 98.4 Å². The highest BCUT2D eigenvalue weighted by atomic mass is 35.5. The summed E-state index contributed by atoms with van der Waals surface area (Å²) < 4.78 is 0. The second-order valence-electron chi connectivity index (χ2n) is 3.52. The molecule has 0 aliphatic rings. The third kappa shape index (κ3) is 1.87. The zero-order valence-electron chi connectivity index (χ0n) is 8.46. The van der Waals surface area contributed by atoms with E-state index in [4.69, 9.17) is 23.2 Å². The zero-order valence-corrected chi connectivity index (χ0v) is 9.97. The van der Waals surface area contributed by atoms with Crippen LogP contribution in [0.2, 0.25) is 10.2 Å². The molecule has 1 heterocycles. The number of aromatic nitrogens is 1. The first-order valence-electron chi connectivity index (χ1n) is 4.50. The number of nitrogens with zero attached hydrogens (tertiary/aromatic N) is 2. The number of halogens is 2. The lowest BCUT2D eigenvalue weighted by atomic mass is 10.1. The van der Waals surface area contributed by atoms with Crippen LogP contribution in [0.4, 0.5) is 5.69 Å². The quantitative estimate of drug-likeness (QED) is 0.709. The van der Waals surface area contributed by atoms with E-state index in [0.29, 0.717) is 10.2 Å². The van der Waals surface area contributed by atoms with Crippen molar-refractivity contribution < 1.29 is 0 Å². The standard InChI is InChI=1S/C11H10Cl2N2/c1-15(2)10-6-14-11(13)9-5-7(12)3-4-8(9)10/h3-6H,1-2H3. The van der Waals surface area contributed by atoms with Crippen molar-refractivity contribution in [3.05, 3.63) is 34.6 Å². The highest BCUT2D eigenvalue weighted by Crippen LogP contribution is 2.31. The van der Waals surface area contributed by atoms with Gasteiger partial charge in [0.2, 0.25) is 0 Å². The van der Waals surface area contributed by atoms with Crippen LogP contribution in [0.25, 0.3) is 10.8 Å². The molecule has 2 aromatic rings. The molecule has 0 spiro atoms. The monoisotopic (exact) mass is 240 g/mol. The zero-order chi connectivity index (χ0) is 11.0. The summed E-state index contributed by atoms with van der Waals surface area (Å²) in [4.78, 5) is 6.13. The van der Waals surface area contributed by atoms with Gasteiger partial charge in [0.25, 0.3) is 0 Å². The molecule has 4 heteroatoms. The molecule has 1 aromatic heterocycles. The molecule has 78 valence electrons. The van der Waals surface area contributed by atoms with Crippen molar-refractivity contribution in [3.63, 3.8) is 0 Å². The number of benzene rings is 1. The van der Waals surface area contributed by atoms with E-state index in [9.17, 15) is 0 Å². The molecular weight excluding hydrogens is 231 g/mol. The summed E-state index contributed by atoms with van der Waals surface area (Å²) in [5.74, 6) is 0. The van der Waals surface area contributed by atoms with Gasteiger partial charge < -0.3 is 4.90 Å². The molecule has 0 saturated heterocycles. The molecule has 2 nitrogen and oxygen atoms in total. The lowest BCUT2D eigenvalue weighted by Gasteiger charge is -2.15. The van der Waals surface area contributed by atoms with Crippen LogP contribution in [-0.4, -0.2) is 19.1 Å². The largest absolute Gasteiger partial charge is 0.376 e. The minimum atomic E-state index is 0.484. The molecule has 0 N–H and O–H groups in total. The predicted molar refractivity (Wildman–Crippen MR) is 66.1 cm³/mol. The van der Waals surface area contributed by atoms with Crippen molar-refractivity contribution >= 4 is 39.7 Å². The summed E-state index contributed by atoms with van der Waals surface area (Å²) >= 11 is 11.9. The molecule has 0 aliphatic carbocycles. The first-order chi connectivity index (χ1) is 7.09. The Morgan fingerprint density at radius 1 is 1.13 bits per heavy atom. The van der Waals surface area contributed by atoms with Crippen LogP contribution in [0.15, 0.2) is 24.4 Å². The van der Waals surface area contributed by atoms with Gasteiger partial charge in [-0.2, -0.15) is 0 Å². The lowest BCUT2D eigenvalue weighted by Crippen LogP contribution is -2.09. The Kier molecular flexibility index (Phi) is 2.72. The number of rotatable bonds is 1. The fourth-order valence-electron chi connectivity index (χ4n) is 1.52. The Morgan fingerprint density at radius 2 is 1.87 bits per heavy atom. The summed E-state index contributed by atoms with van der Waals surface area (Å²) in [5, 5.41) is 3.10. The van der Waals surface area contributed by atoms with E-state index in [1.165, 1.54) is 0 Å². The van der Waals surface area contributed by atoms with Gasteiger partial charge in [-0.3, -0.25) is 0 Å². The normalized spacial score (nSPS) is 10.7. The van der Waals surface area contributed by atoms with Crippen molar-refractivity contribution in [3.8, 4) is 0 Å². The van der Waals surface area contributed by atoms with Crippen LogP contribution < -0.4 is 4.90 Å². The minimum Gasteiger partial charge on any atom is -0.376 e. The van der Waals surface area contributed by atoms with Crippen molar-refractivity contribution in [2.75, 3.05) is 19.0 Å². The Morgan fingerprint density at radius 3 is 2.53 bits per heavy atom. The summed E-state index contributed by atoms with van der Waals surface area (Å²) in [6.07, 6.45) is 1.76. The minimum absolute atomic E-state index is 0.484. The molecule has 15 heavy (non-hydrogen) atoms. The third-order valence-electron chi connectivity index (χ3n) is 2.26. The van der Waals surface area contributed by atoms with E-state index in [-0.39, 0.29) is 0 Å². The van der Waals surface area contributed by atoms with Gasteiger partial charge in [0.1, 0.15) is 5.15 Å². The van der Waals surface area contributed by atoms with Gasteiger partial charge in [-0.15, -0.1) is 0 Å². The van der Waals surface area contributed by atoms with Gasteiger partial charge in [0.15, 0.2) is 0 Å². The van der Waals surface area contributed by atoms with E-state index in [2.05, 4.69) is 4.98 Å². The smallest absolute Gasteiger partial charge is 0.137 e. The molecule has 0 fully saturated rings. The van der Waals surface area contributed by atoms with Crippen LogP contribution in [-0.2, 0) is 0 Å². The second-order valence-corrected chi connectivity index (χ2v) is 4.31. The molecule has 0 saturated carbocycles. The molecule has 1 aromatic carbocycles. The lowest BCUT2D eigenvalue weighted by molar-refractivity contribution is 1.12. The van der Waals surface area contributed by atoms with E-state index in [0.717, 1.165) is 16.5 Å². The number of hydrogen-bond donors (Lipinski definition) is 0. The van der Waals surface area contributed by atoms with Gasteiger partial charge >= 0.3 is 0 Å². The van der Waals surface area contributed by atoms with Crippen molar-refractivity contribution in [1.29, 1.82) is 0 Å². The molecular formula is C11H10Cl2N2. The van der Waals surface area contributed by atoms with E-state index >= 15 is 0 Å². The number of anilines is 1. The first kappa shape index (κ1) is 10.5. The summed E-state index contributed by atoms with van der Waals surface area (Å²) in [6, 6.07) is 5.65. The highest BCUT2D eigenvalue weighted by Gasteiger charge is 2.07. The summed E-state index contributed by atoms with van der Waals surface area (Å²) in [7, 11) is 3.94. The first-order valence-corrected chi connectivity index (χ1v) is 5.26. The molecule has 0 atom stereocenters. The topological polar surface area (TPSA) is 16.1 Å². The molecule has 0 aliphatic heterocycles. The fraction of sp³-hybridized carbons (Fsp3) is 0.182. The van der Waals surface area contributed by atoms with Crippen molar-refractivity contribution in [1.82, 2.24) is 4.98 Å². The average Bonchev–Trinajstić information content (AvgIpc) is 2.19. The highest BCUT2D eigenvalue weighted by molar-refractivity contribution is 6.36. The molecule has 0 amide bonds. The van der Waals surface area contributed by atoms with Gasteiger partial charge in [-0.05, 0) is 12.1 Å². The molecule has 0 unspecified atom stereocenters. The van der Waals surface area contributed by atoms with E-state index in [1.54, 1.807) is 6.20 Å². The van der Waals surface area contributed by atoms with Crippen LogP contribution in [0, 0.1) is 0 Å². The van der Waals surface area contributed by atoms with Gasteiger partial charge in [0, 0.05) is 29.9 Å². The second kappa shape index (κ2) is 3.87. The maximum absolute atomic E-state index is 6.02. The Balaban J connectivity index is 2.82. The summed E-state index contributed by atoms with van der Waals surface area (Å²) in [6.45, 7) is 0. The Hall–Kier alpha value is -0.990. The predicted octanol–water partition coefficient (Wildman–Crippen LogP) is 3.61. The van der Waals surface area contributed by atoms with Crippen molar-refractivity contribution in [2.45, 2.75) is 0 Å². The molecule has 0 bridgehead atoms. The van der Waals surface area contributed by atoms with Gasteiger partial charge in [0.05, 0.1) is 11.9 Å².